The van der Waals surface area contributed by atoms with Gasteiger partial charge < -0.3 is 19.7 Å². The van der Waals surface area contributed by atoms with Crippen LogP contribution in [0.2, 0.25) is 0 Å². The van der Waals surface area contributed by atoms with Gasteiger partial charge in [0, 0.05) is 19.5 Å². The third kappa shape index (κ3) is 7.47. The number of likely N-dealkylation sites (tertiary alicyclic amines) is 1. The van der Waals surface area contributed by atoms with E-state index < -0.39 is 5.60 Å². The number of rotatable bonds is 6. The summed E-state index contributed by atoms with van der Waals surface area (Å²) in [4.78, 5) is 25.9. The van der Waals surface area contributed by atoms with Gasteiger partial charge in [-0.05, 0) is 57.7 Å². The number of benzene rings is 1. The summed E-state index contributed by atoms with van der Waals surface area (Å²) in [6.07, 6.45) is 1.76. The molecule has 0 unspecified atom stereocenters. The molecular formula is C21H29N3O4. The van der Waals surface area contributed by atoms with Gasteiger partial charge in [0.1, 0.15) is 18.0 Å². The van der Waals surface area contributed by atoms with E-state index in [0.29, 0.717) is 44.0 Å². The SMILES string of the molecule is CC(C)(C)OC(=O)N1CCC(CC(=O)NCCOc2cccc(C#N)c2)CC1. The van der Waals surface area contributed by atoms with Crippen molar-refractivity contribution in [1.82, 2.24) is 10.2 Å². The highest BCUT2D eigenvalue weighted by atomic mass is 16.6. The summed E-state index contributed by atoms with van der Waals surface area (Å²) in [5.41, 5.74) is 0.0467. The van der Waals surface area contributed by atoms with Crippen LogP contribution >= 0.6 is 0 Å². The highest BCUT2D eigenvalue weighted by molar-refractivity contribution is 5.76. The molecule has 2 rings (SSSR count). The number of carbonyl (C=O) groups excluding carboxylic acids is 2. The summed E-state index contributed by atoms with van der Waals surface area (Å²) in [6, 6.07) is 8.98. The molecule has 7 nitrogen and oxygen atoms in total. The Hall–Kier alpha value is -2.75. The third-order valence-electron chi connectivity index (χ3n) is 4.40. The Morgan fingerprint density at radius 2 is 2.00 bits per heavy atom. The van der Waals surface area contributed by atoms with E-state index in [2.05, 4.69) is 11.4 Å². The molecule has 0 radical (unpaired) electrons. The van der Waals surface area contributed by atoms with Gasteiger partial charge in [-0.15, -0.1) is 0 Å². The van der Waals surface area contributed by atoms with Gasteiger partial charge in [0.05, 0.1) is 18.2 Å². The second kappa shape index (κ2) is 9.98. The van der Waals surface area contributed by atoms with E-state index in [0.717, 1.165) is 12.8 Å². The molecule has 7 heteroatoms. The van der Waals surface area contributed by atoms with Crippen LogP contribution in [0.5, 0.6) is 5.75 Å². The summed E-state index contributed by atoms with van der Waals surface area (Å²) in [5.74, 6) is 0.875. The smallest absolute Gasteiger partial charge is 0.410 e. The highest BCUT2D eigenvalue weighted by Gasteiger charge is 2.27. The van der Waals surface area contributed by atoms with E-state index in [9.17, 15) is 9.59 Å². The summed E-state index contributed by atoms with van der Waals surface area (Å²) in [5, 5.41) is 11.7. The zero-order valence-corrected chi connectivity index (χ0v) is 16.9. The van der Waals surface area contributed by atoms with Gasteiger partial charge in [0.2, 0.25) is 5.91 Å². The van der Waals surface area contributed by atoms with Gasteiger partial charge in [-0.3, -0.25) is 4.79 Å². The fourth-order valence-electron chi connectivity index (χ4n) is 3.00. The van der Waals surface area contributed by atoms with E-state index >= 15 is 0 Å². The van der Waals surface area contributed by atoms with Crippen LogP contribution in [0.1, 0.15) is 45.6 Å². The normalized spacial score (nSPS) is 14.9. The number of nitrogens with zero attached hydrogens (tertiary/aromatic N) is 2. The van der Waals surface area contributed by atoms with Gasteiger partial charge >= 0.3 is 6.09 Å². The second-order valence-corrected chi connectivity index (χ2v) is 7.95. The maximum atomic E-state index is 12.1. The van der Waals surface area contributed by atoms with Crippen LogP contribution in [0.3, 0.4) is 0 Å². The largest absolute Gasteiger partial charge is 0.492 e. The first-order valence-corrected chi connectivity index (χ1v) is 9.64. The van der Waals surface area contributed by atoms with Crippen molar-refractivity contribution < 1.29 is 19.1 Å². The van der Waals surface area contributed by atoms with Crippen LogP contribution in [0.25, 0.3) is 0 Å². The average molecular weight is 387 g/mol. The molecule has 28 heavy (non-hydrogen) atoms. The van der Waals surface area contributed by atoms with E-state index in [1.54, 1.807) is 29.2 Å². The molecule has 1 heterocycles. The maximum absolute atomic E-state index is 12.1. The molecule has 1 aromatic carbocycles. The zero-order valence-electron chi connectivity index (χ0n) is 16.9. The Balaban J connectivity index is 1.62. The molecule has 1 saturated heterocycles. The van der Waals surface area contributed by atoms with Crippen LogP contribution in [-0.4, -0.2) is 48.7 Å². The Morgan fingerprint density at radius 1 is 1.29 bits per heavy atom. The van der Waals surface area contributed by atoms with Crippen LogP contribution in [-0.2, 0) is 9.53 Å². The Morgan fingerprint density at radius 3 is 2.64 bits per heavy atom. The number of carbonyl (C=O) groups is 2. The van der Waals surface area contributed by atoms with Crippen molar-refractivity contribution in [2.24, 2.45) is 5.92 Å². The quantitative estimate of drug-likeness (QED) is 0.758. The molecule has 1 aromatic rings. The number of nitrogens with one attached hydrogen (secondary N) is 1. The van der Waals surface area contributed by atoms with Gasteiger partial charge in [-0.2, -0.15) is 5.26 Å². The number of amides is 2. The van der Waals surface area contributed by atoms with Crippen LogP contribution in [0.4, 0.5) is 4.79 Å². The molecule has 152 valence electrons. The minimum Gasteiger partial charge on any atom is -0.492 e. The maximum Gasteiger partial charge on any atom is 0.410 e. The lowest BCUT2D eigenvalue weighted by Crippen LogP contribution is -2.42. The molecule has 1 fully saturated rings. The molecular weight excluding hydrogens is 358 g/mol. The minimum atomic E-state index is -0.494. The molecule has 0 aromatic heterocycles. The Labute approximate surface area is 166 Å². The number of hydrogen-bond acceptors (Lipinski definition) is 5. The summed E-state index contributed by atoms with van der Waals surface area (Å²) in [7, 11) is 0. The van der Waals surface area contributed by atoms with Gasteiger partial charge in [0.25, 0.3) is 0 Å². The number of ether oxygens (including phenoxy) is 2. The van der Waals surface area contributed by atoms with Crippen molar-refractivity contribution in [2.45, 2.75) is 45.6 Å². The van der Waals surface area contributed by atoms with Crippen molar-refractivity contribution in [2.75, 3.05) is 26.2 Å². The van der Waals surface area contributed by atoms with Gasteiger partial charge in [0.15, 0.2) is 0 Å². The van der Waals surface area contributed by atoms with E-state index in [1.165, 1.54) is 0 Å². The predicted molar refractivity (Wildman–Crippen MR) is 105 cm³/mol. The molecule has 0 atom stereocenters. The first kappa shape index (κ1) is 21.5. The highest BCUT2D eigenvalue weighted by Crippen LogP contribution is 2.22. The van der Waals surface area contributed by atoms with Crippen LogP contribution in [0, 0.1) is 17.2 Å². The van der Waals surface area contributed by atoms with E-state index in [4.69, 9.17) is 14.7 Å². The first-order chi connectivity index (χ1) is 13.3. The second-order valence-electron chi connectivity index (χ2n) is 7.95. The van der Waals surface area contributed by atoms with Crippen molar-refractivity contribution in [3.63, 3.8) is 0 Å². The molecule has 0 saturated carbocycles. The molecule has 0 bridgehead atoms. The fraction of sp³-hybridized carbons (Fsp3) is 0.571. The van der Waals surface area contributed by atoms with Crippen LogP contribution in [0.15, 0.2) is 24.3 Å². The number of piperidine rings is 1. The standard InChI is InChI=1S/C21H29N3O4/c1-21(2,3)28-20(26)24-10-7-16(8-11-24)14-19(25)23-9-12-27-18-6-4-5-17(13-18)15-22/h4-6,13,16H,7-12,14H2,1-3H3,(H,23,25). The summed E-state index contributed by atoms with van der Waals surface area (Å²) < 4.78 is 10.9. The predicted octanol–water partition coefficient (Wildman–Crippen LogP) is 3.09. The van der Waals surface area contributed by atoms with Gasteiger partial charge in [-0.25, -0.2) is 4.79 Å². The Kier molecular flexibility index (Phi) is 7.68. The molecule has 1 aliphatic rings. The third-order valence-corrected chi connectivity index (χ3v) is 4.40. The lowest BCUT2D eigenvalue weighted by molar-refractivity contribution is -0.122. The Bertz CT molecular complexity index is 713. The van der Waals surface area contributed by atoms with Crippen molar-refractivity contribution in [3.05, 3.63) is 29.8 Å². The fourth-order valence-corrected chi connectivity index (χ4v) is 3.00. The molecule has 1 aliphatic heterocycles. The minimum absolute atomic E-state index is 0.00917. The lowest BCUT2D eigenvalue weighted by atomic mass is 9.93. The van der Waals surface area contributed by atoms with E-state index in [-0.39, 0.29) is 17.9 Å². The average Bonchev–Trinajstić information content (AvgIpc) is 2.64. The summed E-state index contributed by atoms with van der Waals surface area (Å²) in [6.45, 7) is 7.55. The molecule has 1 N–H and O–H groups in total. The number of hydrogen-bond donors (Lipinski definition) is 1. The first-order valence-electron chi connectivity index (χ1n) is 9.64. The van der Waals surface area contributed by atoms with Crippen LogP contribution < -0.4 is 10.1 Å². The zero-order chi connectivity index (χ0) is 20.6. The monoisotopic (exact) mass is 387 g/mol. The number of nitriles is 1. The lowest BCUT2D eigenvalue weighted by Gasteiger charge is -2.33. The molecule has 0 spiro atoms. The summed E-state index contributed by atoms with van der Waals surface area (Å²) >= 11 is 0. The van der Waals surface area contributed by atoms with E-state index in [1.807, 2.05) is 20.8 Å². The molecule has 0 aliphatic carbocycles. The topological polar surface area (TPSA) is 91.7 Å². The van der Waals surface area contributed by atoms with Crippen molar-refractivity contribution in [1.29, 1.82) is 5.26 Å². The molecule has 2 amide bonds. The van der Waals surface area contributed by atoms with Gasteiger partial charge in [-0.1, -0.05) is 6.07 Å². The van der Waals surface area contributed by atoms with Crippen molar-refractivity contribution in [3.8, 4) is 11.8 Å². The van der Waals surface area contributed by atoms with Crippen molar-refractivity contribution >= 4 is 12.0 Å².